The Bertz CT molecular complexity index is 1320. The van der Waals surface area contributed by atoms with Gasteiger partial charge in [0, 0.05) is 16.9 Å². The number of esters is 2. The fraction of sp³-hybridized carbons (Fsp3) is 0.167. The van der Waals surface area contributed by atoms with Crippen LogP contribution in [0.4, 0.5) is 11.4 Å². The van der Waals surface area contributed by atoms with Crippen LogP contribution in [-0.2, 0) is 29.3 Å². The second kappa shape index (κ2) is 7.84. The van der Waals surface area contributed by atoms with Crippen molar-refractivity contribution in [3.63, 3.8) is 0 Å². The van der Waals surface area contributed by atoms with Crippen molar-refractivity contribution in [1.82, 2.24) is 0 Å². The number of amides is 1. The molecular weight excluding hydrogens is 424 g/mol. The van der Waals surface area contributed by atoms with Crippen molar-refractivity contribution in [2.75, 3.05) is 24.4 Å². The van der Waals surface area contributed by atoms with E-state index in [0.29, 0.717) is 16.9 Å². The molecular formula is C24H20N4O5. The first-order chi connectivity index (χ1) is 15.8. The van der Waals surface area contributed by atoms with Crippen molar-refractivity contribution in [2.24, 2.45) is 5.73 Å². The number of nitriles is 1. The zero-order valence-electron chi connectivity index (χ0n) is 18.1. The number of methoxy groups -OCH3 is 2. The van der Waals surface area contributed by atoms with Gasteiger partial charge in [0.1, 0.15) is 23.0 Å². The summed E-state index contributed by atoms with van der Waals surface area (Å²) in [5.74, 6) is -2.77. The van der Waals surface area contributed by atoms with E-state index in [-0.39, 0.29) is 22.7 Å². The Kier molecular flexibility index (Phi) is 5.14. The van der Waals surface area contributed by atoms with Crippen LogP contribution in [0.1, 0.15) is 11.1 Å². The van der Waals surface area contributed by atoms with Crippen molar-refractivity contribution in [2.45, 2.75) is 12.3 Å². The predicted molar refractivity (Wildman–Crippen MR) is 118 cm³/mol. The minimum atomic E-state index is -1.99. The normalized spacial score (nSPS) is 19.2. The third-order valence-electron chi connectivity index (χ3n) is 5.77. The zero-order chi connectivity index (χ0) is 23.9. The van der Waals surface area contributed by atoms with Crippen LogP contribution in [0.25, 0.3) is 0 Å². The number of benzene rings is 2. The van der Waals surface area contributed by atoms with Gasteiger partial charge in [0.25, 0.3) is 0 Å². The number of carbonyl (C=O) groups is 3. The lowest BCUT2D eigenvalue weighted by molar-refractivity contribution is -0.140. The second-order valence-corrected chi connectivity index (χ2v) is 7.50. The Morgan fingerprint density at radius 1 is 1.09 bits per heavy atom. The highest BCUT2D eigenvalue weighted by molar-refractivity contribution is 6.20. The van der Waals surface area contributed by atoms with E-state index in [1.807, 2.05) is 19.1 Å². The van der Waals surface area contributed by atoms with Crippen LogP contribution in [0.2, 0.25) is 0 Å². The van der Waals surface area contributed by atoms with Crippen LogP contribution in [0, 0.1) is 18.3 Å². The Morgan fingerprint density at radius 3 is 2.42 bits per heavy atom. The standard InChI is InChI=1S/C24H20N4O5/c1-13-7-6-8-14(11-13)28-19(22(30)33-3)18(21(29)32-2)24(16(12-25)20(28)26)15-9-4-5-10-17(15)27-23(24)31/h4-11H,26H2,1-3H3,(H,27,31)/t24-/m1/s1. The number of nitrogens with one attached hydrogen (secondary N) is 1. The number of ether oxygens (including phenoxy) is 2. The number of rotatable bonds is 3. The summed E-state index contributed by atoms with van der Waals surface area (Å²) in [5, 5.41) is 12.9. The molecule has 166 valence electrons. The van der Waals surface area contributed by atoms with Gasteiger partial charge in [-0.15, -0.1) is 0 Å². The molecule has 0 radical (unpaired) electrons. The third kappa shape index (κ3) is 2.88. The maximum absolute atomic E-state index is 13.5. The molecule has 0 unspecified atom stereocenters. The molecule has 0 bridgehead atoms. The van der Waals surface area contributed by atoms with E-state index >= 15 is 0 Å². The van der Waals surface area contributed by atoms with Gasteiger partial charge in [0.15, 0.2) is 0 Å². The van der Waals surface area contributed by atoms with Gasteiger partial charge in [-0.1, -0.05) is 30.3 Å². The van der Waals surface area contributed by atoms with Gasteiger partial charge in [0.2, 0.25) is 5.91 Å². The van der Waals surface area contributed by atoms with Crippen LogP contribution in [0.5, 0.6) is 0 Å². The van der Waals surface area contributed by atoms with Gasteiger partial charge < -0.3 is 20.5 Å². The molecule has 2 aromatic rings. The number of nitrogens with two attached hydrogens (primary N) is 1. The summed E-state index contributed by atoms with van der Waals surface area (Å²) < 4.78 is 10.0. The average Bonchev–Trinajstić information content (AvgIpc) is 3.10. The monoisotopic (exact) mass is 444 g/mol. The highest BCUT2D eigenvalue weighted by atomic mass is 16.5. The molecule has 0 aromatic heterocycles. The number of anilines is 2. The Labute approximate surface area is 189 Å². The molecule has 1 atom stereocenters. The van der Waals surface area contributed by atoms with Crippen LogP contribution in [0.15, 0.2) is 71.2 Å². The number of hydrogen-bond acceptors (Lipinski definition) is 8. The maximum Gasteiger partial charge on any atom is 0.355 e. The van der Waals surface area contributed by atoms with Crippen molar-refractivity contribution < 1.29 is 23.9 Å². The lowest BCUT2D eigenvalue weighted by atomic mass is 9.67. The number of aryl methyl sites for hydroxylation is 1. The van der Waals surface area contributed by atoms with Gasteiger partial charge in [-0.3, -0.25) is 9.69 Å². The molecule has 1 spiro atoms. The molecule has 0 saturated heterocycles. The highest BCUT2D eigenvalue weighted by Gasteiger charge is 2.61. The van der Waals surface area contributed by atoms with E-state index in [4.69, 9.17) is 15.2 Å². The molecule has 1 amide bonds. The minimum Gasteiger partial charge on any atom is -0.466 e. The summed E-state index contributed by atoms with van der Waals surface area (Å²) in [6, 6.07) is 15.6. The van der Waals surface area contributed by atoms with E-state index in [9.17, 15) is 19.6 Å². The van der Waals surface area contributed by atoms with Crippen LogP contribution in [-0.4, -0.2) is 32.1 Å². The molecule has 2 aromatic carbocycles. The molecule has 0 saturated carbocycles. The molecule has 0 fully saturated rings. The first-order valence-electron chi connectivity index (χ1n) is 9.92. The number of hydrogen-bond donors (Lipinski definition) is 2. The first kappa shape index (κ1) is 21.6. The summed E-state index contributed by atoms with van der Waals surface area (Å²) in [5.41, 5.74) is 5.56. The van der Waals surface area contributed by atoms with E-state index in [1.165, 1.54) is 4.90 Å². The smallest absolute Gasteiger partial charge is 0.355 e. The summed E-state index contributed by atoms with van der Waals surface area (Å²) in [6.07, 6.45) is 0. The van der Waals surface area contributed by atoms with Gasteiger partial charge >= 0.3 is 11.9 Å². The SMILES string of the molecule is COC(=O)C1=C(C(=O)OC)[C@]2(C(=O)Nc3ccccc32)C(C#N)=C(N)N1c1cccc(C)c1. The minimum absolute atomic E-state index is 0.178. The van der Waals surface area contributed by atoms with Crippen molar-refractivity contribution in [3.05, 3.63) is 82.3 Å². The Balaban J connectivity index is 2.21. The quantitative estimate of drug-likeness (QED) is 0.687. The fourth-order valence-electron chi connectivity index (χ4n) is 4.41. The van der Waals surface area contributed by atoms with Crippen molar-refractivity contribution >= 4 is 29.2 Å². The number of fused-ring (bicyclic) bond motifs is 2. The Morgan fingerprint density at radius 2 is 1.79 bits per heavy atom. The van der Waals surface area contributed by atoms with E-state index in [0.717, 1.165) is 19.8 Å². The van der Waals surface area contributed by atoms with Crippen molar-refractivity contribution in [3.8, 4) is 6.07 Å². The van der Waals surface area contributed by atoms with Gasteiger partial charge in [-0.2, -0.15) is 5.26 Å². The number of carbonyl (C=O) groups excluding carboxylic acids is 3. The lowest BCUT2D eigenvalue weighted by Crippen LogP contribution is -2.51. The van der Waals surface area contributed by atoms with Crippen LogP contribution in [0.3, 0.4) is 0 Å². The van der Waals surface area contributed by atoms with Gasteiger partial charge in [-0.25, -0.2) is 9.59 Å². The van der Waals surface area contributed by atoms with Gasteiger partial charge in [-0.05, 0) is 30.7 Å². The van der Waals surface area contributed by atoms with Crippen LogP contribution < -0.4 is 16.0 Å². The van der Waals surface area contributed by atoms with E-state index < -0.39 is 23.3 Å². The number of para-hydroxylation sites is 1. The molecule has 2 heterocycles. The highest BCUT2D eigenvalue weighted by Crippen LogP contribution is 2.53. The van der Waals surface area contributed by atoms with Crippen LogP contribution >= 0.6 is 0 Å². The summed E-state index contributed by atoms with van der Waals surface area (Å²) in [6.45, 7) is 1.84. The Hall–Kier alpha value is -4.58. The molecule has 0 aliphatic carbocycles. The molecule has 33 heavy (non-hydrogen) atoms. The largest absolute Gasteiger partial charge is 0.466 e. The molecule has 4 rings (SSSR count). The third-order valence-corrected chi connectivity index (χ3v) is 5.77. The van der Waals surface area contributed by atoms with E-state index in [2.05, 4.69) is 5.32 Å². The predicted octanol–water partition coefficient (Wildman–Crippen LogP) is 2.00. The fourth-order valence-corrected chi connectivity index (χ4v) is 4.41. The molecule has 9 heteroatoms. The molecule has 2 aliphatic heterocycles. The van der Waals surface area contributed by atoms with Gasteiger partial charge in [0.05, 0.1) is 25.4 Å². The molecule has 3 N–H and O–H groups in total. The summed E-state index contributed by atoms with van der Waals surface area (Å²) in [7, 11) is 2.27. The molecule has 2 aliphatic rings. The maximum atomic E-state index is 13.5. The average molecular weight is 444 g/mol. The number of nitrogens with zero attached hydrogens (tertiary/aromatic N) is 2. The second-order valence-electron chi connectivity index (χ2n) is 7.50. The summed E-state index contributed by atoms with van der Waals surface area (Å²) >= 11 is 0. The topological polar surface area (TPSA) is 135 Å². The molecule has 9 nitrogen and oxygen atoms in total. The lowest BCUT2D eigenvalue weighted by Gasteiger charge is -2.40. The zero-order valence-corrected chi connectivity index (χ0v) is 18.1. The van der Waals surface area contributed by atoms with Crippen molar-refractivity contribution in [1.29, 1.82) is 5.26 Å². The summed E-state index contributed by atoms with van der Waals surface area (Å²) in [4.78, 5) is 41.2. The van der Waals surface area contributed by atoms with E-state index in [1.54, 1.807) is 42.5 Å². The first-order valence-corrected chi connectivity index (χ1v) is 9.92.